The number of aromatic nitrogens is 2. The molecule has 6 nitrogen and oxygen atoms in total. The van der Waals surface area contributed by atoms with E-state index in [2.05, 4.69) is 9.82 Å². The van der Waals surface area contributed by atoms with Crippen LogP contribution >= 0.6 is 0 Å². The minimum absolute atomic E-state index is 0. The average Bonchev–Trinajstić information content (AvgIpc) is 2.69. The number of nitrogens with one attached hydrogen (secondary N) is 1. The van der Waals surface area contributed by atoms with Crippen LogP contribution in [0.1, 0.15) is 12.6 Å². The third-order valence-electron chi connectivity index (χ3n) is 2.51. The third kappa shape index (κ3) is 3.62. The van der Waals surface area contributed by atoms with Gasteiger partial charge in [0.1, 0.15) is 0 Å². The van der Waals surface area contributed by atoms with Crippen molar-refractivity contribution < 1.29 is 43.1 Å². The van der Waals surface area contributed by atoms with E-state index >= 15 is 0 Å². The van der Waals surface area contributed by atoms with Crippen molar-refractivity contribution in [1.29, 1.82) is 0 Å². The summed E-state index contributed by atoms with van der Waals surface area (Å²) in [5.74, 6) is -0.282. The summed E-state index contributed by atoms with van der Waals surface area (Å²) in [6.45, 7) is 3.71. The Morgan fingerprint density at radius 1 is 1.35 bits per heavy atom. The van der Waals surface area contributed by atoms with E-state index in [-0.39, 0.29) is 40.3 Å². The Morgan fingerprint density at radius 2 is 2.05 bits per heavy atom. The molecule has 0 aliphatic heterocycles. The van der Waals surface area contributed by atoms with Crippen molar-refractivity contribution in [3.8, 4) is 11.6 Å². The van der Waals surface area contributed by atoms with Gasteiger partial charge in [0.2, 0.25) is 10.0 Å². The van der Waals surface area contributed by atoms with Crippen molar-refractivity contribution in [2.75, 3.05) is 6.54 Å². The second-order valence-electron chi connectivity index (χ2n) is 4.03. The molecule has 0 atom stereocenters. The fourth-order valence-electron chi connectivity index (χ4n) is 1.72. The maximum absolute atomic E-state index is 11.9. The van der Waals surface area contributed by atoms with Crippen molar-refractivity contribution >= 4 is 10.0 Å². The molecule has 0 amide bonds. The van der Waals surface area contributed by atoms with Crippen LogP contribution in [0.25, 0.3) is 5.69 Å². The van der Waals surface area contributed by atoms with Crippen LogP contribution < -0.4 is 39.4 Å². The third-order valence-corrected chi connectivity index (χ3v) is 4.05. The fraction of sp³-hybridized carbons (Fsp3) is 0.250. The van der Waals surface area contributed by atoms with Gasteiger partial charge in [-0.3, -0.25) is 0 Å². The Labute approximate surface area is 140 Å². The zero-order valence-corrected chi connectivity index (χ0v) is 14.4. The van der Waals surface area contributed by atoms with Crippen molar-refractivity contribution in [3.05, 3.63) is 36.0 Å². The van der Waals surface area contributed by atoms with E-state index in [1.807, 2.05) is 0 Å². The van der Waals surface area contributed by atoms with Crippen LogP contribution in [-0.4, -0.2) is 24.7 Å². The summed E-state index contributed by atoms with van der Waals surface area (Å²) in [6.07, 6.45) is 0. The molecule has 8 heteroatoms. The summed E-state index contributed by atoms with van der Waals surface area (Å²) < 4.78 is 27.4. The zero-order chi connectivity index (χ0) is 14.0. The fourth-order valence-corrected chi connectivity index (χ4v) is 2.80. The van der Waals surface area contributed by atoms with E-state index in [1.165, 1.54) is 22.9 Å². The zero-order valence-electron chi connectivity index (χ0n) is 11.6. The van der Waals surface area contributed by atoms with E-state index in [0.29, 0.717) is 17.9 Å². The SMILES string of the molecule is CCNS(=O)(=O)c1cccc(-n2nc(C)cc2[O-])c1.[Na+]. The molecule has 0 spiro atoms. The molecule has 1 aromatic heterocycles. The Hall–Kier alpha value is -0.860. The Balaban J connectivity index is 0.00000200. The predicted octanol–water partition coefficient (Wildman–Crippen LogP) is -2.44. The van der Waals surface area contributed by atoms with Gasteiger partial charge in [-0.15, -0.1) is 0 Å². The predicted molar refractivity (Wildman–Crippen MR) is 68.6 cm³/mol. The standard InChI is InChI=1S/C12H15N3O3S.Na/c1-3-13-19(17,18)11-6-4-5-10(8-11)15-12(16)7-9(2)14-15;/h4-8,13,16H,3H2,1-2H3;/q;+1/p-1. The maximum Gasteiger partial charge on any atom is 1.00 e. The molecule has 1 aromatic carbocycles. The molecule has 20 heavy (non-hydrogen) atoms. The maximum atomic E-state index is 11.9. The number of benzene rings is 1. The second-order valence-corrected chi connectivity index (χ2v) is 5.80. The minimum Gasteiger partial charge on any atom is -0.859 e. The molecule has 0 unspecified atom stereocenters. The minimum atomic E-state index is -3.54. The van der Waals surface area contributed by atoms with Crippen molar-refractivity contribution in [3.63, 3.8) is 0 Å². The summed E-state index contributed by atoms with van der Waals surface area (Å²) >= 11 is 0. The van der Waals surface area contributed by atoms with Gasteiger partial charge in [-0.2, -0.15) is 5.10 Å². The van der Waals surface area contributed by atoms with Crippen LogP contribution in [0.15, 0.2) is 35.2 Å². The van der Waals surface area contributed by atoms with Gasteiger partial charge in [-0.05, 0) is 37.1 Å². The molecule has 1 N–H and O–H groups in total. The van der Waals surface area contributed by atoms with Crippen LogP contribution in [-0.2, 0) is 10.0 Å². The molecule has 0 saturated carbocycles. The smallest absolute Gasteiger partial charge is 0.859 e. The largest absolute Gasteiger partial charge is 1.00 e. The normalized spacial score (nSPS) is 11.1. The van der Waals surface area contributed by atoms with Crippen LogP contribution in [0.5, 0.6) is 5.88 Å². The number of hydrogen-bond donors (Lipinski definition) is 1. The second kappa shape index (κ2) is 6.73. The van der Waals surface area contributed by atoms with Crippen LogP contribution in [0.3, 0.4) is 0 Å². The van der Waals surface area contributed by atoms with Gasteiger partial charge in [0.15, 0.2) is 0 Å². The molecule has 2 aromatic rings. The van der Waals surface area contributed by atoms with Gasteiger partial charge in [0.25, 0.3) is 0 Å². The van der Waals surface area contributed by atoms with E-state index in [0.717, 1.165) is 0 Å². The molecule has 2 rings (SSSR count). The molecule has 102 valence electrons. The molecule has 0 saturated heterocycles. The van der Waals surface area contributed by atoms with Gasteiger partial charge in [-0.25, -0.2) is 17.8 Å². The summed E-state index contributed by atoms with van der Waals surface area (Å²) in [6, 6.07) is 7.51. The monoisotopic (exact) mass is 303 g/mol. The van der Waals surface area contributed by atoms with Gasteiger partial charge >= 0.3 is 29.6 Å². The summed E-state index contributed by atoms with van der Waals surface area (Å²) in [4.78, 5) is 0.111. The Kier molecular flexibility index (Phi) is 5.79. The summed E-state index contributed by atoms with van der Waals surface area (Å²) in [5, 5.41) is 15.7. The first-order chi connectivity index (χ1) is 8.94. The first-order valence-corrected chi connectivity index (χ1v) is 7.26. The van der Waals surface area contributed by atoms with Gasteiger partial charge in [0, 0.05) is 6.54 Å². The van der Waals surface area contributed by atoms with E-state index in [9.17, 15) is 13.5 Å². The first-order valence-electron chi connectivity index (χ1n) is 5.78. The average molecular weight is 303 g/mol. The number of hydrogen-bond acceptors (Lipinski definition) is 4. The molecule has 0 aliphatic rings. The van der Waals surface area contributed by atoms with Gasteiger partial charge in [0.05, 0.1) is 16.3 Å². The number of sulfonamides is 1. The van der Waals surface area contributed by atoms with Crippen LogP contribution in [0.4, 0.5) is 0 Å². The topological polar surface area (TPSA) is 87.0 Å². The quantitative estimate of drug-likeness (QED) is 0.636. The van der Waals surface area contributed by atoms with Crippen LogP contribution in [0.2, 0.25) is 0 Å². The number of rotatable bonds is 4. The van der Waals surface area contributed by atoms with Crippen LogP contribution in [0, 0.1) is 6.92 Å². The van der Waals surface area contributed by atoms with E-state index in [4.69, 9.17) is 0 Å². The van der Waals surface area contributed by atoms with E-state index in [1.54, 1.807) is 26.0 Å². The van der Waals surface area contributed by atoms with Gasteiger partial charge in [-0.1, -0.05) is 13.0 Å². The summed E-state index contributed by atoms with van der Waals surface area (Å²) in [7, 11) is -3.54. The molecule has 0 fully saturated rings. The Bertz CT molecular complexity index is 698. The first kappa shape index (κ1) is 17.2. The van der Waals surface area contributed by atoms with Crippen molar-refractivity contribution in [2.45, 2.75) is 18.7 Å². The van der Waals surface area contributed by atoms with Crippen molar-refractivity contribution in [2.24, 2.45) is 0 Å². The molecule has 0 bridgehead atoms. The molecule has 0 radical (unpaired) electrons. The molecule has 0 aliphatic carbocycles. The molecular formula is C12H14N3NaO3S. The number of aryl methyl sites for hydroxylation is 1. The number of nitrogens with zero attached hydrogens (tertiary/aromatic N) is 2. The molecular weight excluding hydrogens is 289 g/mol. The van der Waals surface area contributed by atoms with Crippen molar-refractivity contribution in [1.82, 2.24) is 14.5 Å². The summed E-state index contributed by atoms with van der Waals surface area (Å²) in [5.41, 5.74) is 1.02. The molecule has 1 heterocycles. The Morgan fingerprint density at radius 3 is 2.60 bits per heavy atom. The van der Waals surface area contributed by atoms with E-state index < -0.39 is 10.0 Å². The van der Waals surface area contributed by atoms with Gasteiger partial charge < -0.3 is 5.11 Å².